The standard InChI is InChI=1S/C30H38N4O5/c1-21-10-15-28(31-17-21)39-25-13-11-22(12-14-25)16-30(2,3)33-19-24(35)20-38-27-9-5-8-26(34(36)37)29(27)32-18-23-6-4-7-23/h5,8-15,17,23-24,32-33,35H,4,6-7,16,18-20H2,1-3H3/t24-/m0/s1. The van der Waals surface area contributed by atoms with Crippen molar-refractivity contribution in [3.8, 4) is 17.4 Å². The van der Waals surface area contributed by atoms with Crippen molar-refractivity contribution < 1.29 is 19.5 Å². The van der Waals surface area contributed by atoms with Gasteiger partial charge in [0.1, 0.15) is 24.2 Å². The number of pyridine rings is 1. The zero-order valence-electron chi connectivity index (χ0n) is 22.9. The maximum absolute atomic E-state index is 11.6. The number of para-hydroxylation sites is 1. The predicted octanol–water partition coefficient (Wildman–Crippen LogP) is 5.65. The van der Waals surface area contributed by atoms with Gasteiger partial charge in [0.25, 0.3) is 5.69 Å². The summed E-state index contributed by atoms with van der Waals surface area (Å²) in [5, 5.41) is 28.8. The number of aryl methyl sites for hydroxylation is 1. The number of β-amino-alcohol motifs (C(OH)–C–C–N with tert-alkyl or cyclic N) is 1. The van der Waals surface area contributed by atoms with Gasteiger partial charge in [-0.1, -0.05) is 30.7 Å². The molecule has 39 heavy (non-hydrogen) atoms. The minimum Gasteiger partial charge on any atom is -0.488 e. The van der Waals surface area contributed by atoms with E-state index in [9.17, 15) is 15.2 Å². The molecule has 0 bridgehead atoms. The number of benzene rings is 2. The summed E-state index contributed by atoms with van der Waals surface area (Å²) in [5.41, 5.74) is 2.27. The molecule has 2 aromatic carbocycles. The molecule has 0 aliphatic heterocycles. The highest BCUT2D eigenvalue weighted by Gasteiger charge is 2.24. The summed E-state index contributed by atoms with van der Waals surface area (Å²) >= 11 is 0. The third-order valence-corrected chi connectivity index (χ3v) is 6.92. The molecule has 1 aliphatic rings. The van der Waals surface area contributed by atoms with Gasteiger partial charge in [0, 0.05) is 37.0 Å². The first-order chi connectivity index (χ1) is 18.7. The highest BCUT2D eigenvalue weighted by molar-refractivity contribution is 5.70. The second-order valence-corrected chi connectivity index (χ2v) is 10.9. The molecule has 9 nitrogen and oxygen atoms in total. The van der Waals surface area contributed by atoms with Crippen LogP contribution in [0.3, 0.4) is 0 Å². The zero-order chi connectivity index (χ0) is 27.8. The van der Waals surface area contributed by atoms with Gasteiger partial charge in [-0.05, 0) is 75.3 Å². The average Bonchev–Trinajstić information content (AvgIpc) is 2.88. The van der Waals surface area contributed by atoms with Gasteiger partial charge in [0.15, 0.2) is 5.69 Å². The van der Waals surface area contributed by atoms with Gasteiger partial charge in [-0.25, -0.2) is 4.98 Å². The smallest absolute Gasteiger partial charge is 0.296 e. The maximum atomic E-state index is 11.6. The lowest BCUT2D eigenvalue weighted by Gasteiger charge is -2.28. The number of nitro groups is 1. The molecule has 208 valence electrons. The molecule has 0 radical (unpaired) electrons. The summed E-state index contributed by atoms with van der Waals surface area (Å²) in [6.45, 7) is 7.13. The van der Waals surface area contributed by atoms with Crippen LogP contribution in [0.2, 0.25) is 0 Å². The predicted molar refractivity (Wildman–Crippen MR) is 152 cm³/mol. The molecular formula is C30H38N4O5. The summed E-state index contributed by atoms with van der Waals surface area (Å²) in [6.07, 6.45) is 5.19. The molecular weight excluding hydrogens is 496 g/mol. The lowest BCUT2D eigenvalue weighted by Crippen LogP contribution is -2.46. The van der Waals surface area contributed by atoms with Crippen molar-refractivity contribution in [2.45, 2.75) is 58.1 Å². The van der Waals surface area contributed by atoms with Crippen LogP contribution >= 0.6 is 0 Å². The molecule has 9 heteroatoms. The van der Waals surface area contributed by atoms with E-state index in [2.05, 4.69) is 29.5 Å². The average molecular weight is 535 g/mol. The van der Waals surface area contributed by atoms with E-state index in [1.54, 1.807) is 18.3 Å². The van der Waals surface area contributed by atoms with Crippen LogP contribution in [0, 0.1) is 23.0 Å². The van der Waals surface area contributed by atoms with Crippen LogP contribution in [0.1, 0.15) is 44.2 Å². The number of aliphatic hydroxyl groups is 1. The Morgan fingerprint density at radius 1 is 1.15 bits per heavy atom. The Kier molecular flexibility index (Phi) is 9.37. The number of nitro benzene ring substituents is 1. The van der Waals surface area contributed by atoms with Gasteiger partial charge in [-0.2, -0.15) is 0 Å². The van der Waals surface area contributed by atoms with Crippen LogP contribution in [-0.2, 0) is 6.42 Å². The summed E-state index contributed by atoms with van der Waals surface area (Å²) in [6, 6.07) is 16.5. The number of hydrogen-bond acceptors (Lipinski definition) is 8. The van der Waals surface area contributed by atoms with Crippen molar-refractivity contribution in [2.24, 2.45) is 5.92 Å². The van der Waals surface area contributed by atoms with E-state index >= 15 is 0 Å². The Hall–Kier alpha value is -3.69. The number of aliphatic hydroxyl groups excluding tert-OH is 1. The fourth-order valence-corrected chi connectivity index (χ4v) is 4.44. The molecule has 1 aliphatic carbocycles. The number of ether oxygens (including phenoxy) is 2. The Balaban J connectivity index is 1.26. The minimum atomic E-state index is -0.791. The van der Waals surface area contributed by atoms with E-state index < -0.39 is 11.0 Å². The zero-order valence-corrected chi connectivity index (χ0v) is 22.9. The van der Waals surface area contributed by atoms with Crippen LogP contribution in [-0.4, -0.2) is 46.4 Å². The van der Waals surface area contributed by atoms with Crippen molar-refractivity contribution >= 4 is 11.4 Å². The van der Waals surface area contributed by atoms with Gasteiger partial charge in [-0.15, -0.1) is 0 Å². The first-order valence-electron chi connectivity index (χ1n) is 13.5. The molecule has 1 atom stereocenters. The quantitative estimate of drug-likeness (QED) is 0.179. The van der Waals surface area contributed by atoms with Crippen LogP contribution in [0.15, 0.2) is 60.8 Å². The number of nitrogens with one attached hydrogen (secondary N) is 2. The van der Waals surface area contributed by atoms with Crippen LogP contribution < -0.4 is 20.1 Å². The van der Waals surface area contributed by atoms with Gasteiger partial charge in [0.05, 0.1) is 4.92 Å². The molecule has 3 N–H and O–H groups in total. The molecule has 1 fully saturated rings. The maximum Gasteiger partial charge on any atom is 0.296 e. The molecule has 4 rings (SSSR count). The van der Waals surface area contributed by atoms with E-state index in [0.717, 1.165) is 36.1 Å². The molecule has 0 saturated heterocycles. The van der Waals surface area contributed by atoms with E-state index in [1.807, 2.05) is 43.3 Å². The van der Waals surface area contributed by atoms with E-state index in [-0.39, 0.29) is 17.8 Å². The van der Waals surface area contributed by atoms with Gasteiger partial charge >= 0.3 is 0 Å². The van der Waals surface area contributed by atoms with E-state index in [0.29, 0.717) is 36.3 Å². The highest BCUT2D eigenvalue weighted by atomic mass is 16.6. The largest absolute Gasteiger partial charge is 0.488 e. The molecule has 0 unspecified atom stereocenters. The fraction of sp³-hybridized carbons (Fsp3) is 0.433. The molecule has 1 saturated carbocycles. The fourth-order valence-electron chi connectivity index (χ4n) is 4.44. The lowest BCUT2D eigenvalue weighted by molar-refractivity contribution is -0.384. The van der Waals surface area contributed by atoms with Crippen LogP contribution in [0.4, 0.5) is 11.4 Å². The highest BCUT2D eigenvalue weighted by Crippen LogP contribution is 2.36. The van der Waals surface area contributed by atoms with Crippen molar-refractivity contribution in [3.05, 3.63) is 82.0 Å². The van der Waals surface area contributed by atoms with Crippen molar-refractivity contribution in [3.63, 3.8) is 0 Å². The second kappa shape index (κ2) is 12.9. The number of hydrogen-bond donors (Lipinski definition) is 3. The summed E-state index contributed by atoms with van der Waals surface area (Å²) in [7, 11) is 0. The van der Waals surface area contributed by atoms with Crippen LogP contribution in [0.5, 0.6) is 17.4 Å². The Morgan fingerprint density at radius 3 is 2.56 bits per heavy atom. The van der Waals surface area contributed by atoms with Gasteiger partial charge in [0.2, 0.25) is 5.88 Å². The monoisotopic (exact) mass is 534 g/mol. The lowest BCUT2D eigenvalue weighted by atomic mass is 9.85. The molecule has 0 spiro atoms. The van der Waals surface area contributed by atoms with Crippen molar-refractivity contribution in [2.75, 3.05) is 25.0 Å². The Labute approximate surface area is 229 Å². The molecule has 1 heterocycles. The normalized spacial score (nSPS) is 14.4. The third kappa shape index (κ3) is 8.40. The summed E-state index contributed by atoms with van der Waals surface area (Å²) in [5.74, 6) is 2.18. The SMILES string of the molecule is Cc1ccc(Oc2ccc(CC(C)(C)NC[C@H](O)COc3cccc([N+](=O)[O-])c3NCC3CCC3)cc2)nc1. The number of rotatable bonds is 14. The number of nitrogens with zero attached hydrogens (tertiary/aromatic N) is 2. The van der Waals surface area contributed by atoms with Crippen molar-refractivity contribution in [1.29, 1.82) is 0 Å². The molecule has 3 aromatic rings. The molecule has 1 aromatic heterocycles. The first kappa shape index (κ1) is 28.3. The third-order valence-electron chi connectivity index (χ3n) is 6.92. The first-order valence-corrected chi connectivity index (χ1v) is 13.5. The van der Waals surface area contributed by atoms with E-state index in [4.69, 9.17) is 9.47 Å². The minimum absolute atomic E-state index is 0.0153. The summed E-state index contributed by atoms with van der Waals surface area (Å²) < 4.78 is 11.7. The van der Waals surface area contributed by atoms with E-state index in [1.165, 1.54) is 12.5 Å². The number of anilines is 1. The number of aromatic nitrogens is 1. The second-order valence-electron chi connectivity index (χ2n) is 10.9. The van der Waals surface area contributed by atoms with Crippen LogP contribution in [0.25, 0.3) is 0 Å². The summed E-state index contributed by atoms with van der Waals surface area (Å²) in [4.78, 5) is 15.4. The van der Waals surface area contributed by atoms with Crippen molar-refractivity contribution in [1.82, 2.24) is 10.3 Å². The van der Waals surface area contributed by atoms with Gasteiger partial charge in [-0.3, -0.25) is 10.1 Å². The topological polar surface area (TPSA) is 119 Å². The Bertz CT molecular complexity index is 1230. The van der Waals surface area contributed by atoms with Gasteiger partial charge < -0.3 is 25.2 Å². The molecule has 0 amide bonds. The Morgan fingerprint density at radius 2 is 1.92 bits per heavy atom.